The van der Waals surface area contributed by atoms with Gasteiger partial charge < -0.3 is 14.5 Å². The van der Waals surface area contributed by atoms with Gasteiger partial charge in [-0.1, -0.05) is 23.7 Å². The fourth-order valence-corrected chi connectivity index (χ4v) is 3.79. The number of rotatable bonds is 5. The molecule has 0 aliphatic rings. The second-order valence-corrected chi connectivity index (χ2v) is 6.93. The number of ether oxygens (including phenoxy) is 2. The fraction of sp³-hybridized carbons (Fsp3) is 0.222. The molecule has 1 N–H and O–H groups in total. The summed E-state index contributed by atoms with van der Waals surface area (Å²) in [6, 6.07) is 6.49. The average Bonchev–Trinajstić information content (AvgIpc) is 2.97. The van der Waals surface area contributed by atoms with Crippen LogP contribution in [0.2, 0.25) is 5.02 Å². The number of H-pyrrole nitrogens is 1. The Hall–Kier alpha value is -2.71. The molecule has 2 aromatic heterocycles. The Morgan fingerprint density at radius 3 is 2.67 bits per heavy atom. The number of benzene rings is 1. The molecule has 0 bridgehead atoms. The quantitative estimate of drug-likeness (QED) is 0.651. The third-order valence-electron chi connectivity index (χ3n) is 3.74. The number of aryl methyl sites for hydroxylation is 1. The number of carbonyl (C=O) groups is 2. The van der Waals surface area contributed by atoms with Gasteiger partial charge in [0.25, 0.3) is 5.56 Å². The molecule has 0 spiro atoms. The van der Waals surface area contributed by atoms with Gasteiger partial charge in [0.05, 0.1) is 22.6 Å². The zero-order chi connectivity index (χ0) is 19.6. The van der Waals surface area contributed by atoms with E-state index in [2.05, 4.69) is 9.97 Å². The standard InChI is InChI=1S/C18H15ClN2O5S/c1-3-25-18(24)14-9(2)13-15(22)20-12(21-16(13)27-14)8-26-17(23)10-6-4-5-7-11(10)19/h4-7H,3,8H2,1-2H3,(H,20,21,22). The lowest BCUT2D eigenvalue weighted by atomic mass is 10.2. The van der Waals surface area contributed by atoms with Gasteiger partial charge in [0.2, 0.25) is 0 Å². The van der Waals surface area contributed by atoms with Crippen molar-refractivity contribution in [1.82, 2.24) is 9.97 Å². The minimum absolute atomic E-state index is 0.171. The Morgan fingerprint density at radius 2 is 1.96 bits per heavy atom. The van der Waals surface area contributed by atoms with Crippen LogP contribution in [0.15, 0.2) is 29.1 Å². The van der Waals surface area contributed by atoms with Gasteiger partial charge in [0, 0.05) is 0 Å². The number of thiophene rings is 1. The molecule has 3 rings (SSSR count). The molecular weight excluding hydrogens is 392 g/mol. The Bertz CT molecular complexity index is 1090. The number of aromatic nitrogens is 2. The van der Waals surface area contributed by atoms with Crippen LogP contribution in [0.5, 0.6) is 0 Å². The summed E-state index contributed by atoms with van der Waals surface area (Å²) in [5.74, 6) is -0.952. The molecular formula is C18H15ClN2O5S. The van der Waals surface area contributed by atoms with Gasteiger partial charge in [-0.2, -0.15) is 0 Å². The van der Waals surface area contributed by atoms with Crippen LogP contribution in [0.3, 0.4) is 0 Å². The number of hydrogen-bond donors (Lipinski definition) is 1. The number of halogens is 1. The first kappa shape index (κ1) is 19.1. The van der Waals surface area contributed by atoms with Crippen LogP contribution in [0.1, 0.15) is 38.3 Å². The molecule has 7 nitrogen and oxygen atoms in total. The van der Waals surface area contributed by atoms with Crippen LogP contribution in [-0.2, 0) is 16.1 Å². The Morgan fingerprint density at radius 1 is 1.22 bits per heavy atom. The third kappa shape index (κ3) is 3.86. The number of hydrogen-bond acceptors (Lipinski definition) is 7. The van der Waals surface area contributed by atoms with E-state index in [1.165, 1.54) is 6.07 Å². The van der Waals surface area contributed by atoms with Crippen molar-refractivity contribution in [1.29, 1.82) is 0 Å². The van der Waals surface area contributed by atoms with Crippen molar-refractivity contribution in [3.05, 3.63) is 61.5 Å². The molecule has 0 saturated heterocycles. The SMILES string of the molecule is CCOC(=O)c1sc2nc(COC(=O)c3ccccc3Cl)[nH]c(=O)c2c1C. The Balaban J connectivity index is 1.86. The van der Waals surface area contributed by atoms with Crippen molar-refractivity contribution in [2.24, 2.45) is 0 Å². The summed E-state index contributed by atoms with van der Waals surface area (Å²) in [5.41, 5.74) is 0.328. The predicted molar refractivity (Wildman–Crippen MR) is 102 cm³/mol. The molecule has 140 valence electrons. The minimum Gasteiger partial charge on any atom is -0.462 e. The van der Waals surface area contributed by atoms with Crippen molar-refractivity contribution < 1.29 is 19.1 Å². The maximum Gasteiger partial charge on any atom is 0.348 e. The van der Waals surface area contributed by atoms with Crippen molar-refractivity contribution in [3.8, 4) is 0 Å². The Labute approximate surface area is 162 Å². The molecule has 1 aromatic carbocycles. The number of fused-ring (bicyclic) bond motifs is 1. The molecule has 3 aromatic rings. The predicted octanol–water partition coefficient (Wildman–Crippen LogP) is 3.48. The van der Waals surface area contributed by atoms with Crippen molar-refractivity contribution in [2.45, 2.75) is 20.5 Å². The highest BCUT2D eigenvalue weighted by atomic mass is 35.5. The van der Waals surface area contributed by atoms with E-state index in [4.69, 9.17) is 21.1 Å². The van der Waals surface area contributed by atoms with E-state index in [-0.39, 0.29) is 29.6 Å². The topological polar surface area (TPSA) is 98.3 Å². The summed E-state index contributed by atoms with van der Waals surface area (Å²) >= 11 is 7.03. The largest absolute Gasteiger partial charge is 0.462 e. The van der Waals surface area contributed by atoms with Crippen LogP contribution in [0.25, 0.3) is 10.2 Å². The van der Waals surface area contributed by atoms with E-state index in [1.807, 2.05) is 0 Å². The van der Waals surface area contributed by atoms with E-state index < -0.39 is 17.5 Å². The molecule has 0 radical (unpaired) electrons. The van der Waals surface area contributed by atoms with Gasteiger partial charge >= 0.3 is 11.9 Å². The van der Waals surface area contributed by atoms with Crippen LogP contribution >= 0.6 is 22.9 Å². The Kier molecular flexibility index (Phi) is 5.57. The second-order valence-electron chi connectivity index (χ2n) is 5.53. The third-order valence-corrected chi connectivity index (χ3v) is 5.24. The van der Waals surface area contributed by atoms with Gasteiger partial charge in [0.1, 0.15) is 22.1 Å². The molecule has 0 aliphatic heterocycles. The summed E-state index contributed by atoms with van der Waals surface area (Å²) < 4.78 is 10.2. The molecule has 0 atom stereocenters. The van der Waals surface area contributed by atoms with E-state index >= 15 is 0 Å². The smallest absolute Gasteiger partial charge is 0.348 e. The normalized spacial score (nSPS) is 10.8. The molecule has 0 aliphatic carbocycles. The minimum atomic E-state index is -0.627. The second kappa shape index (κ2) is 7.89. The molecule has 0 unspecified atom stereocenters. The zero-order valence-electron chi connectivity index (χ0n) is 14.5. The fourth-order valence-electron chi connectivity index (χ4n) is 2.49. The van der Waals surface area contributed by atoms with Gasteiger partial charge in [-0.25, -0.2) is 14.6 Å². The lowest BCUT2D eigenvalue weighted by molar-refractivity contribution is 0.0461. The van der Waals surface area contributed by atoms with Crippen LogP contribution in [-0.4, -0.2) is 28.5 Å². The van der Waals surface area contributed by atoms with E-state index in [9.17, 15) is 14.4 Å². The van der Waals surface area contributed by atoms with Crippen molar-refractivity contribution >= 4 is 45.1 Å². The van der Waals surface area contributed by atoms with Gasteiger partial charge in [-0.3, -0.25) is 4.79 Å². The lowest BCUT2D eigenvalue weighted by Crippen LogP contribution is -2.14. The van der Waals surface area contributed by atoms with Gasteiger partial charge in [-0.15, -0.1) is 11.3 Å². The highest BCUT2D eigenvalue weighted by molar-refractivity contribution is 7.20. The molecule has 27 heavy (non-hydrogen) atoms. The molecule has 0 amide bonds. The molecule has 0 fully saturated rings. The lowest BCUT2D eigenvalue weighted by Gasteiger charge is -2.05. The van der Waals surface area contributed by atoms with Crippen molar-refractivity contribution in [2.75, 3.05) is 6.61 Å². The molecule has 9 heteroatoms. The number of nitrogens with one attached hydrogen (secondary N) is 1. The summed E-state index contributed by atoms with van der Waals surface area (Å²) in [6.07, 6.45) is 0. The van der Waals surface area contributed by atoms with Crippen LogP contribution in [0, 0.1) is 6.92 Å². The number of esters is 2. The highest BCUT2D eigenvalue weighted by Crippen LogP contribution is 2.27. The van der Waals surface area contributed by atoms with E-state index in [0.717, 1.165) is 11.3 Å². The molecule has 2 heterocycles. The number of nitrogens with zero attached hydrogens (tertiary/aromatic N) is 1. The number of carbonyl (C=O) groups excluding carboxylic acids is 2. The highest BCUT2D eigenvalue weighted by Gasteiger charge is 2.20. The molecule has 0 saturated carbocycles. The average molecular weight is 407 g/mol. The first-order chi connectivity index (χ1) is 12.9. The summed E-state index contributed by atoms with van der Waals surface area (Å²) in [5, 5.41) is 0.594. The zero-order valence-corrected chi connectivity index (χ0v) is 16.1. The van der Waals surface area contributed by atoms with Crippen molar-refractivity contribution in [3.63, 3.8) is 0 Å². The monoisotopic (exact) mass is 406 g/mol. The van der Waals surface area contributed by atoms with E-state index in [0.29, 0.717) is 20.7 Å². The summed E-state index contributed by atoms with van der Waals surface area (Å²) in [7, 11) is 0. The summed E-state index contributed by atoms with van der Waals surface area (Å²) in [6.45, 7) is 3.37. The van der Waals surface area contributed by atoms with Crippen LogP contribution in [0.4, 0.5) is 0 Å². The first-order valence-electron chi connectivity index (χ1n) is 8.03. The number of aromatic amines is 1. The maximum atomic E-state index is 12.4. The van der Waals surface area contributed by atoms with Gasteiger partial charge in [-0.05, 0) is 31.5 Å². The first-order valence-corrected chi connectivity index (χ1v) is 9.22. The maximum absolute atomic E-state index is 12.4. The van der Waals surface area contributed by atoms with Gasteiger partial charge in [0.15, 0.2) is 0 Å². The summed E-state index contributed by atoms with van der Waals surface area (Å²) in [4.78, 5) is 44.1. The van der Waals surface area contributed by atoms with E-state index in [1.54, 1.807) is 32.0 Å². The van der Waals surface area contributed by atoms with Crippen LogP contribution < -0.4 is 5.56 Å².